The Morgan fingerprint density at radius 2 is 2.11 bits per heavy atom. The van der Waals surface area contributed by atoms with Crippen molar-refractivity contribution in [3.63, 3.8) is 0 Å². The van der Waals surface area contributed by atoms with Crippen LogP contribution in [0, 0.1) is 0 Å². The number of nitrogens with zero attached hydrogens (tertiary/aromatic N) is 2. The highest BCUT2D eigenvalue weighted by atomic mass is 35.5. The van der Waals surface area contributed by atoms with E-state index in [-0.39, 0.29) is 0 Å². The molecule has 1 aromatic carbocycles. The highest BCUT2D eigenvalue weighted by Crippen LogP contribution is 2.17. The van der Waals surface area contributed by atoms with Gasteiger partial charge in [0.1, 0.15) is 5.75 Å². The van der Waals surface area contributed by atoms with E-state index in [4.69, 9.17) is 16.3 Å². The summed E-state index contributed by atoms with van der Waals surface area (Å²) in [5.41, 5.74) is 0. The van der Waals surface area contributed by atoms with Crippen molar-refractivity contribution in [1.29, 1.82) is 0 Å². The Morgan fingerprint density at radius 3 is 2.95 bits per heavy atom. The maximum absolute atomic E-state index is 5.92. The van der Waals surface area contributed by atoms with E-state index in [0.29, 0.717) is 0 Å². The fourth-order valence-electron chi connectivity index (χ4n) is 2.36. The van der Waals surface area contributed by atoms with Crippen molar-refractivity contribution in [2.75, 3.05) is 46.4 Å². The molecule has 1 aliphatic heterocycles. The van der Waals surface area contributed by atoms with E-state index in [9.17, 15) is 0 Å². The number of ether oxygens (including phenoxy) is 1. The van der Waals surface area contributed by atoms with E-state index in [1.165, 1.54) is 32.6 Å². The molecular formula is C15H23ClN2O. The zero-order valence-electron chi connectivity index (χ0n) is 11.6. The van der Waals surface area contributed by atoms with Crippen molar-refractivity contribution >= 4 is 11.6 Å². The molecule has 0 aromatic heterocycles. The summed E-state index contributed by atoms with van der Waals surface area (Å²) in [6, 6.07) is 7.60. The monoisotopic (exact) mass is 282 g/mol. The maximum atomic E-state index is 5.92. The molecule has 0 amide bonds. The highest BCUT2D eigenvalue weighted by Gasteiger charge is 2.11. The van der Waals surface area contributed by atoms with E-state index in [1.807, 2.05) is 24.3 Å². The van der Waals surface area contributed by atoms with Crippen LogP contribution in [0.25, 0.3) is 0 Å². The van der Waals surface area contributed by atoms with Crippen LogP contribution in [-0.2, 0) is 0 Å². The molecule has 19 heavy (non-hydrogen) atoms. The first-order valence-corrected chi connectivity index (χ1v) is 7.41. The van der Waals surface area contributed by atoms with Gasteiger partial charge in [-0.2, -0.15) is 0 Å². The molecule has 3 nitrogen and oxygen atoms in total. The van der Waals surface area contributed by atoms with Crippen LogP contribution in [0.15, 0.2) is 24.3 Å². The summed E-state index contributed by atoms with van der Waals surface area (Å²) in [5, 5.41) is 0.730. The summed E-state index contributed by atoms with van der Waals surface area (Å²) < 4.78 is 5.71. The Kier molecular flexibility index (Phi) is 5.95. The first-order chi connectivity index (χ1) is 9.24. The Balaban J connectivity index is 1.64. The number of benzene rings is 1. The number of rotatable bonds is 5. The SMILES string of the molecule is CN1CCCN(CCCOc2cccc(Cl)c2)CC1. The predicted octanol–water partition coefficient (Wildman–Crippen LogP) is 2.75. The lowest BCUT2D eigenvalue weighted by Gasteiger charge is -2.19. The third-order valence-electron chi connectivity index (χ3n) is 3.50. The lowest BCUT2D eigenvalue weighted by molar-refractivity contribution is 0.237. The van der Waals surface area contributed by atoms with E-state index < -0.39 is 0 Å². The summed E-state index contributed by atoms with van der Waals surface area (Å²) in [7, 11) is 2.20. The molecule has 4 heteroatoms. The molecule has 0 radical (unpaired) electrons. The minimum Gasteiger partial charge on any atom is -0.493 e. The van der Waals surface area contributed by atoms with Crippen molar-refractivity contribution in [3.05, 3.63) is 29.3 Å². The first-order valence-electron chi connectivity index (χ1n) is 7.03. The lowest BCUT2D eigenvalue weighted by atomic mass is 10.3. The average molecular weight is 283 g/mol. The van der Waals surface area contributed by atoms with Crippen LogP contribution in [-0.4, -0.2) is 56.2 Å². The fraction of sp³-hybridized carbons (Fsp3) is 0.600. The molecular weight excluding hydrogens is 260 g/mol. The maximum Gasteiger partial charge on any atom is 0.120 e. The van der Waals surface area contributed by atoms with Gasteiger partial charge in [-0.1, -0.05) is 17.7 Å². The van der Waals surface area contributed by atoms with E-state index in [2.05, 4.69) is 16.8 Å². The molecule has 1 aliphatic rings. The third kappa shape index (κ3) is 5.39. The van der Waals surface area contributed by atoms with Gasteiger partial charge in [-0.3, -0.25) is 0 Å². The van der Waals surface area contributed by atoms with Gasteiger partial charge < -0.3 is 14.5 Å². The molecule has 106 valence electrons. The smallest absolute Gasteiger partial charge is 0.120 e. The second-order valence-electron chi connectivity index (χ2n) is 5.16. The van der Waals surface area contributed by atoms with Crippen LogP contribution < -0.4 is 4.74 Å². The van der Waals surface area contributed by atoms with Crippen LogP contribution in [0.4, 0.5) is 0 Å². The van der Waals surface area contributed by atoms with Crippen LogP contribution in [0.1, 0.15) is 12.8 Å². The lowest BCUT2D eigenvalue weighted by Crippen LogP contribution is -2.30. The highest BCUT2D eigenvalue weighted by molar-refractivity contribution is 6.30. The Hall–Kier alpha value is -0.770. The van der Waals surface area contributed by atoms with Crippen molar-refractivity contribution in [2.45, 2.75) is 12.8 Å². The summed E-state index contributed by atoms with van der Waals surface area (Å²) in [6.07, 6.45) is 2.34. The first kappa shape index (κ1) is 14.6. The quantitative estimate of drug-likeness (QED) is 0.773. The number of likely N-dealkylation sites (N-methyl/N-ethyl adjacent to an activating group) is 1. The average Bonchev–Trinajstić information content (AvgIpc) is 2.60. The van der Waals surface area contributed by atoms with Crippen molar-refractivity contribution in [1.82, 2.24) is 9.80 Å². The molecule has 1 saturated heterocycles. The zero-order chi connectivity index (χ0) is 13.5. The predicted molar refractivity (Wildman–Crippen MR) is 80.1 cm³/mol. The Morgan fingerprint density at radius 1 is 1.21 bits per heavy atom. The zero-order valence-corrected chi connectivity index (χ0v) is 12.4. The second kappa shape index (κ2) is 7.73. The van der Waals surface area contributed by atoms with Crippen LogP contribution in [0.3, 0.4) is 0 Å². The van der Waals surface area contributed by atoms with E-state index in [0.717, 1.165) is 30.3 Å². The fourth-order valence-corrected chi connectivity index (χ4v) is 2.54. The number of hydrogen-bond donors (Lipinski definition) is 0. The minimum atomic E-state index is 0.730. The van der Waals surface area contributed by atoms with Gasteiger partial charge in [0.2, 0.25) is 0 Å². The molecule has 0 unspecified atom stereocenters. The summed E-state index contributed by atoms with van der Waals surface area (Å²) in [6.45, 7) is 6.65. The van der Waals surface area contributed by atoms with Crippen LogP contribution in [0.5, 0.6) is 5.75 Å². The topological polar surface area (TPSA) is 15.7 Å². The summed E-state index contributed by atoms with van der Waals surface area (Å²) in [4.78, 5) is 4.94. The van der Waals surface area contributed by atoms with E-state index >= 15 is 0 Å². The van der Waals surface area contributed by atoms with Crippen molar-refractivity contribution in [2.24, 2.45) is 0 Å². The van der Waals surface area contributed by atoms with Gasteiger partial charge in [0.05, 0.1) is 6.61 Å². The normalized spacial score (nSPS) is 18.2. The molecule has 1 heterocycles. The van der Waals surface area contributed by atoms with Gasteiger partial charge in [0.15, 0.2) is 0 Å². The van der Waals surface area contributed by atoms with Crippen LogP contribution in [0.2, 0.25) is 5.02 Å². The molecule has 0 N–H and O–H groups in total. The molecule has 1 fully saturated rings. The van der Waals surface area contributed by atoms with Gasteiger partial charge in [0, 0.05) is 24.7 Å². The Bertz CT molecular complexity index is 386. The number of hydrogen-bond acceptors (Lipinski definition) is 3. The molecule has 0 atom stereocenters. The molecule has 2 rings (SSSR count). The minimum absolute atomic E-state index is 0.730. The van der Waals surface area contributed by atoms with Gasteiger partial charge in [-0.15, -0.1) is 0 Å². The van der Waals surface area contributed by atoms with Crippen molar-refractivity contribution in [3.8, 4) is 5.75 Å². The molecule has 0 aliphatic carbocycles. The third-order valence-corrected chi connectivity index (χ3v) is 3.73. The van der Waals surface area contributed by atoms with E-state index in [1.54, 1.807) is 0 Å². The molecule has 1 aromatic rings. The largest absolute Gasteiger partial charge is 0.493 e. The van der Waals surface area contributed by atoms with Crippen molar-refractivity contribution < 1.29 is 4.74 Å². The van der Waals surface area contributed by atoms with Gasteiger partial charge in [-0.25, -0.2) is 0 Å². The Labute approximate surface area is 121 Å². The van der Waals surface area contributed by atoms with Gasteiger partial charge >= 0.3 is 0 Å². The second-order valence-corrected chi connectivity index (χ2v) is 5.59. The van der Waals surface area contributed by atoms with Gasteiger partial charge in [0.25, 0.3) is 0 Å². The molecule has 0 bridgehead atoms. The molecule has 0 spiro atoms. The summed E-state index contributed by atoms with van der Waals surface area (Å²) >= 11 is 5.92. The number of halogens is 1. The summed E-state index contributed by atoms with van der Waals surface area (Å²) in [5.74, 6) is 0.864. The standard InChI is InChI=1S/C15H23ClN2O/c1-17-7-3-8-18(11-10-17)9-4-12-19-15-6-2-5-14(16)13-15/h2,5-6,13H,3-4,7-12H2,1H3. The van der Waals surface area contributed by atoms with Crippen LogP contribution >= 0.6 is 11.6 Å². The molecule has 0 saturated carbocycles. The van der Waals surface area contributed by atoms with Gasteiger partial charge in [-0.05, 0) is 51.2 Å².